The summed E-state index contributed by atoms with van der Waals surface area (Å²) >= 11 is 3.54. The Morgan fingerprint density at radius 1 is 1.14 bits per heavy atom. The van der Waals surface area contributed by atoms with Gasteiger partial charge in [0.05, 0.1) is 12.7 Å². The number of esters is 1. The molecule has 21 heavy (non-hydrogen) atoms. The topological polar surface area (TPSA) is 64.3 Å². The molecule has 0 saturated heterocycles. The summed E-state index contributed by atoms with van der Waals surface area (Å²) in [4.78, 5) is 11.7. The lowest BCUT2D eigenvalue weighted by molar-refractivity contribution is 0.0602. The molecule has 0 aliphatic heterocycles. The molecule has 3 N–H and O–H groups in total. The van der Waals surface area contributed by atoms with Gasteiger partial charge in [-0.3, -0.25) is 0 Å². The fourth-order valence-corrected chi connectivity index (χ4v) is 2.33. The van der Waals surface area contributed by atoms with E-state index in [2.05, 4.69) is 21.2 Å². The van der Waals surface area contributed by atoms with Crippen LogP contribution in [0, 0.1) is 13.8 Å². The van der Waals surface area contributed by atoms with Gasteiger partial charge in [-0.05, 0) is 55.3 Å². The first-order valence-corrected chi connectivity index (χ1v) is 7.23. The van der Waals surface area contributed by atoms with Crippen molar-refractivity contribution in [2.45, 2.75) is 13.8 Å². The molecule has 0 amide bonds. The third-order valence-electron chi connectivity index (χ3n) is 3.18. The highest BCUT2D eigenvalue weighted by atomic mass is 79.9. The van der Waals surface area contributed by atoms with Crippen molar-refractivity contribution in [3.8, 4) is 0 Å². The Balaban J connectivity index is 2.34. The molecule has 0 spiro atoms. The summed E-state index contributed by atoms with van der Waals surface area (Å²) in [5.74, 6) is -0.445. The molecule has 0 atom stereocenters. The fourth-order valence-electron chi connectivity index (χ4n) is 2.11. The van der Waals surface area contributed by atoms with Crippen LogP contribution < -0.4 is 11.1 Å². The van der Waals surface area contributed by atoms with E-state index in [1.807, 2.05) is 32.0 Å². The van der Waals surface area contributed by atoms with Crippen molar-refractivity contribution >= 4 is 39.0 Å². The number of anilines is 3. The number of halogens is 1. The van der Waals surface area contributed by atoms with Gasteiger partial charge in [0.1, 0.15) is 0 Å². The van der Waals surface area contributed by atoms with Gasteiger partial charge in [-0.2, -0.15) is 0 Å². The minimum atomic E-state index is -0.445. The van der Waals surface area contributed by atoms with Crippen LogP contribution in [-0.2, 0) is 4.74 Å². The average molecular weight is 349 g/mol. The van der Waals surface area contributed by atoms with E-state index in [9.17, 15) is 4.79 Å². The first kappa shape index (κ1) is 15.4. The van der Waals surface area contributed by atoms with E-state index in [-0.39, 0.29) is 0 Å². The number of nitrogens with one attached hydrogen (secondary N) is 1. The van der Waals surface area contributed by atoms with Crippen molar-refractivity contribution < 1.29 is 9.53 Å². The van der Waals surface area contributed by atoms with E-state index in [1.54, 1.807) is 12.1 Å². The van der Waals surface area contributed by atoms with Gasteiger partial charge in [0.2, 0.25) is 0 Å². The maximum absolute atomic E-state index is 11.7. The van der Waals surface area contributed by atoms with Crippen LogP contribution in [0.3, 0.4) is 0 Å². The van der Waals surface area contributed by atoms with Gasteiger partial charge >= 0.3 is 5.97 Å². The second kappa shape index (κ2) is 6.18. The highest BCUT2D eigenvalue weighted by Gasteiger charge is 2.11. The lowest BCUT2D eigenvalue weighted by Gasteiger charge is -2.12. The molecule has 0 bridgehead atoms. The lowest BCUT2D eigenvalue weighted by Crippen LogP contribution is -2.06. The third kappa shape index (κ3) is 3.36. The smallest absolute Gasteiger partial charge is 0.340 e. The van der Waals surface area contributed by atoms with Gasteiger partial charge < -0.3 is 15.8 Å². The largest absolute Gasteiger partial charge is 0.465 e. The predicted octanol–water partition coefficient (Wildman–Crippen LogP) is 4.18. The molecule has 110 valence electrons. The number of carbonyl (C=O) groups excluding carboxylic acids is 1. The molecule has 0 aliphatic carbocycles. The monoisotopic (exact) mass is 348 g/mol. The Hall–Kier alpha value is -2.01. The molecule has 5 heteroatoms. The Kier molecular flexibility index (Phi) is 4.53. The number of methoxy groups -OCH3 is 1. The molecule has 4 nitrogen and oxygen atoms in total. The van der Waals surface area contributed by atoms with Gasteiger partial charge in [0.25, 0.3) is 0 Å². The second-order valence-electron chi connectivity index (χ2n) is 4.84. The zero-order valence-corrected chi connectivity index (χ0v) is 13.7. The van der Waals surface area contributed by atoms with Gasteiger partial charge in [-0.25, -0.2) is 4.79 Å². The number of hydrogen-bond donors (Lipinski definition) is 2. The van der Waals surface area contributed by atoms with Gasteiger partial charge in [-0.1, -0.05) is 15.9 Å². The average Bonchev–Trinajstić information content (AvgIpc) is 2.46. The zero-order chi connectivity index (χ0) is 15.6. The van der Waals surface area contributed by atoms with Crippen LogP contribution in [0.1, 0.15) is 21.5 Å². The quantitative estimate of drug-likeness (QED) is 0.645. The van der Waals surface area contributed by atoms with Gasteiger partial charge in [0.15, 0.2) is 0 Å². The molecule has 0 saturated carbocycles. The molecule has 0 aromatic heterocycles. The number of benzene rings is 2. The Morgan fingerprint density at radius 2 is 1.76 bits per heavy atom. The highest BCUT2D eigenvalue weighted by molar-refractivity contribution is 9.10. The molecule has 0 fully saturated rings. The summed E-state index contributed by atoms with van der Waals surface area (Å²) in [7, 11) is 1.34. The molecule has 0 aliphatic rings. The second-order valence-corrected chi connectivity index (χ2v) is 5.64. The Bertz CT molecular complexity index is 676. The minimum Gasteiger partial charge on any atom is -0.465 e. The van der Waals surface area contributed by atoms with Crippen LogP contribution in [0.25, 0.3) is 0 Å². The van der Waals surface area contributed by atoms with Crippen molar-refractivity contribution in [1.29, 1.82) is 0 Å². The van der Waals surface area contributed by atoms with E-state index in [0.29, 0.717) is 11.3 Å². The molecule has 0 unspecified atom stereocenters. The fraction of sp³-hybridized carbons (Fsp3) is 0.188. The molecule has 2 aromatic rings. The number of nitrogen functional groups attached to an aromatic ring is 1. The van der Waals surface area contributed by atoms with Crippen molar-refractivity contribution in [1.82, 2.24) is 0 Å². The summed E-state index contributed by atoms with van der Waals surface area (Å²) in [5, 5.41) is 3.28. The molecule has 2 aromatic carbocycles. The number of hydrogen-bond acceptors (Lipinski definition) is 4. The van der Waals surface area contributed by atoms with Crippen LogP contribution in [0.2, 0.25) is 0 Å². The van der Waals surface area contributed by atoms with E-state index in [1.165, 1.54) is 7.11 Å². The molecule has 0 radical (unpaired) electrons. The van der Waals surface area contributed by atoms with Crippen molar-refractivity contribution in [2.75, 3.05) is 18.2 Å². The zero-order valence-electron chi connectivity index (χ0n) is 12.2. The maximum Gasteiger partial charge on any atom is 0.340 e. The number of ether oxygens (including phenoxy) is 1. The van der Waals surface area contributed by atoms with E-state index in [4.69, 9.17) is 10.5 Å². The predicted molar refractivity (Wildman–Crippen MR) is 89.1 cm³/mol. The van der Waals surface area contributed by atoms with E-state index < -0.39 is 5.97 Å². The molecule has 0 heterocycles. The van der Waals surface area contributed by atoms with Crippen LogP contribution in [-0.4, -0.2) is 13.1 Å². The van der Waals surface area contributed by atoms with Crippen molar-refractivity contribution in [3.05, 3.63) is 51.5 Å². The van der Waals surface area contributed by atoms with Gasteiger partial charge in [0, 0.05) is 21.5 Å². The van der Waals surface area contributed by atoms with Crippen LogP contribution in [0.15, 0.2) is 34.8 Å². The molecular weight excluding hydrogens is 332 g/mol. The summed E-state index contributed by atoms with van der Waals surface area (Å²) in [6, 6.07) is 9.27. The SMILES string of the molecule is COC(=O)c1cc(Nc2cc(C)c(Br)c(C)c2)ccc1N. The maximum atomic E-state index is 11.7. The molecular formula is C16H17BrN2O2. The summed E-state index contributed by atoms with van der Waals surface area (Å²) < 4.78 is 5.82. The standard InChI is InChI=1S/C16H17BrN2O2/c1-9-6-12(7-10(2)15(9)17)19-11-4-5-14(18)13(8-11)16(20)21-3/h4-8,19H,18H2,1-3H3. The Labute approximate surface area is 132 Å². The van der Waals surface area contributed by atoms with Crippen molar-refractivity contribution in [3.63, 3.8) is 0 Å². The summed E-state index contributed by atoms with van der Waals surface area (Å²) in [5.41, 5.74) is 10.6. The summed E-state index contributed by atoms with van der Waals surface area (Å²) in [6.07, 6.45) is 0. The molecule has 2 rings (SSSR count). The van der Waals surface area contributed by atoms with Gasteiger partial charge in [-0.15, -0.1) is 0 Å². The van der Waals surface area contributed by atoms with Crippen LogP contribution in [0.4, 0.5) is 17.1 Å². The van der Waals surface area contributed by atoms with E-state index >= 15 is 0 Å². The van der Waals surface area contributed by atoms with Crippen LogP contribution in [0.5, 0.6) is 0 Å². The highest BCUT2D eigenvalue weighted by Crippen LogP contribution is 2.28. The number of nitrogens with two attached hydrogens (primary N) is 1. The van der Waals surface area contributed by atoms with E-state index in [0.717, 1.165) is 27.0 Å². The normalized spacial score (nSPS) is 10.3. The first-order chi connectivity index (χ1) is 9.92. The minimum absolute atomic E-state index is 0.355. The number of carbonyl (C=O) groups is 1. The summed E-state index contributed by atoms with van der Waals surface area (Å²) in [6.45, 7) is 4.07. The van der Waals surface area contributed by atoms with Crippen molar-refractivity contribution in [2.24, 2.45) is 0 Å². The number of rotatable bonds is 3. The number of aryl methyl sites for hydroxylation is 2. The third-order valence-corrected chi connectivity index (χ3v) is 4.43. The Morgan fingerprint density at radius 3 is 2.33 bits per heavy atom. The van der Waals surface area contributed by atoms with Crippen LogP contribution >= 0.6 is 15.9 Å². The first-order valence-electron chi connectivity index (χ1n) is 6.44. The lowest BCUT2D eigenvalue weighted by atomic mass is 10.1.